The van der Waals surface area contributed by atoms with Gasteiger partial charge in [-0.25, -0.2) is 9.97 Å². The topological polar surface area (TPSA) is 52.8 Å². The third kappa shape index (κ3) is 1.73. The van der Waals surface area contributed by atoms with Crippen LogP contribution in [0.5, 0.6) is 5.88 Å². The van der Waals surface area contributed by atoms with Crippen molar-refractivity contribution in [1.82, 2.24) is 19.5 Å². The molecule has 0 atom stereocenters. The molecule has 5 nitrogen and oxygen atoms in total. The van der Waals surface area contributed by atoms with Gasteiger partial charge in [0.05, 0.1) is 13.0 Å². The summed E-state index contributed by atoms with van der Waals surface area (Å²) in [5.74, 6) is 1.76. The van der Waals surface area contributed by atoms with Gasteiger partial charge < -0.3 is 9.30 Å². The number of hydrogen-bond acceptors (Lipinski definition) is 4. The van der Waals surface area contributed by atoms with Crippen molar-refractivity contribution in [3.8, 4) is 5.88 Å². The summed E-state index contributed by atoms with van der Waals surface area (Å²) in [6, 6.07) is 0.461. The fourth-order valence-corrected chi connectivity index (χ4v) is 2.91. The van der Waals surface area contributed by atoms with Crippen LogP contribution >= 0.6 is 11.6 Å². The largest absolute Gasteiger partial charge is 0.479 e. The normalized spacial score (nSPS) is 16.6. The lowest BCUT2D eigenvalue weighted by atomic mass is 10.2. The maximum Gasteiger partial charge on any atom is 0.245 e. The number of nitrogens with zero attached hydrogens (tertiary/aromatic N) is 4. The summed E-state index contributed by atoms with van der Waals surface area (Å²) >= 11 is 6.01. The van der Waals surface area contributed by atoms with Crippen molar-refractivity contribution in [3.05, 3.63) is 12.2 Å². The Morgan fingerprint density at radius 2 is 2.17 bits per heavy atom. The molecule has 2 aromatic heterocycles. The molecule has 1 aliphatic rings. The van der Waals surface area contributed by atoms with Crippen LogP contribution in [0.1, 0.15) is 37.5 Å². The fourth-order valence-electron chi connectivity index (χ4n) is 2.72. The Morgan fingerprint density at radius 3 is 2.83 bits per heavy atom. The van der Waals surface area contributed by atoms with E-state index >= 15 is 0 Å². The van der Waals surface area contributed by atoms with Crippen molar-refractivity contribution >= 4 is 22.8 Å². The van der Waals surface area contributed by atoms with Gasteiger partial charge in [0, 0.05) is 6.04 Å². The Balaban J connectivity index is 2.21. The van der Waals surface area contributed by atoms with Gasteiger partial charge in [0.1, 0.15) is 12.2 Å². The average Bonchev–Trinajstić information content (AvgIpc) is 3.03. The monoisotopic (exact) mass is 266 g/mol. The molecule has 2 aromatic rings. The van der Waals surface area contributed by atoms with E-state index in [4.69, 9.17) is 16.3 Å². The van der Waals surface area contributed by atoms with Gasteiger partial charge in [0.25, 0.3) is 0 Å². The van der Waals surface area contributed by atoms with Crippen LogP contribution in [-0.4, -0.2) is 26.6 Å². The molecule has 1 saturated carbocycles. The average molecular weight is 267 g/mol. The van der Waals surface area contributed by atoms with Crippen molar-refractivity contribution in [2.45, 2.75) is 37.6 Å². The van der Waals surface area contributed by atoms with Gasteiger partial charge in [-0.15, -0.1) is 11.6 Å². The van der Waals surface area contributed by atoms with Crippen molar-refractivity contribution in [3.63, 3.8) is 0 Å². The zero-order chi connectivity index (χ0) is 12.5. The second-order valence-electron chi connectivity index (χ2n) is 4.53. The van der Waals surface area contributed by atoms with Crippen LogP contribution < -0.4 is 4.74 Å². The molecule has 1 fully saturated rings. The van der Waals surface area contributed by atoms with E-state index < -0.39 is 0 Å². The smallest absolute Gasteiger partial charge is 0.245 e. The highest BCUT2D eigenvalue weighted by molar-refractivity contribution is 6.16. The minimum absolute atomic E-state index is 0.385. The molecular weight excluding hydrogens is 252 g/mol. The van der Waals surface area contributed by atoms with Crippen LogP contribution in [0.15, 0.2) is 6.33 Å². The first-order valence-electron chi connectivity index (χ1n) is 6.17. The van der Waals surface area contributed by atoms with E-state index in [2.05, 4.69) is 19.5 Å². The quantitative estimate of drug-likeness (QED) is 0.802. The van der Waals surface area contributed by atoms with Crippen molar-refractivity contribution in [1.29, 1.82) is 0 Å². The lowest BCUT2D eigenvalue weighted by Gasteiger charge is -2.14. The van der Waals surface area contributed by atoms with E-state index in [-0.39, 0.29) is 0 Å². The number of alkyl halides is 1. The summed E-state index contributed by atoms with van der Waals surface area (Å²) in [5.41, 5.74) is 1.55. The predicted octanol–water partition coefficient (Wildman–Crippen LogP) is 2.69. The van der Waals surface area contributed by atoms with Crippen molar-refractivity contribution in [2.24, 2.45) is 0 Å². The number of hydrogen-bond donors (Lipinski definition) is 0. The Hall–Kier alpha value is -1.36. The first-order chi connectivity index (χ1) is 8.85. The predicted molar refractivity (Wildman–Crippen MR) is 68.9 cm³/mol. The number of halogens is 1. The molecular formula is C12H15ClN4O. The van der Waals surface area contributed by atoms with E-state index in [0.29, 0.717) is 23.3 Å². The zero-order valence-electron chi connectivity index (χ0n) is 10.3. The molecule has 0 amide bonds. The Bertz CT molecular complexity index is 562. The zero-order valence-corrected chi connectivity index (χ0v) is 11.0. The van der Waals surface area contributed by atoms with E-state index in [1.807, 2.05) is 0 Å². The third-order valence-electron chi connectivity index (χ3n) is 3.52. The summed E-state index contributed by atoms with van der Waals surface area (Å²) in [5, 5.41) is 0. The summed E-state index contributed by atoms with van der Waals surface area (Å²) in [6.45, 7) is 0. The maximum atomic E-state index is 6.01. The molecule has 2 heterocycles. The van der Waals surface area contributed by atoms with Gasteiger partial charge in [0.15, 0.2) is 11.2 Å². The molecule has 0 spiro atoms. The van der Waals surface area contributed by atoms with E-state index in [1.54, 1.807) is 7.11 Å². The molecule has 1 aliphatic carbocycles. The van der Waals surface area contributed by atoms with Crippen molar-refractivity contribution in [2.75, 3.05) is 7.11 Å². The van der Waals surface area contributed by atoms with Crippen molar-refractivity contribution < 1.29 is 4.74 Å². The molecule has 0 saturated heterocycles. The molecule has 0 radical (unpaired) electrons. The summed E-state index contributed by atoms with van der Waals surface area (Å²) in [6.07, 6.45) is 6.37. The number of methoxy groups -OCH3 is 1. The van der Waals surface area contributed by atoms with E-state index in [1.165, 1.54) is 32.0 Å². The fraction of sp³-hybridized carbons (Fsp3) is 0.583. The van der Waals surface area contributed by atoms with Crippen LogP contribution in [0, 0.1) is 0 Å². The highest BCUT2D eigenvalue weighted by atomic mass is 35.5. The minimum atomic E-state index is 0.385. The summed E-state index contributed by atoms with van der Waals surface area (Å²) in [4.78, 5) is 13.0. The molecule has 18 heavy (non-hydrogen) atoms. The van der Waals surface area contributed by atoms with E-state index in [9.17, 15) is 0 Å². The maximum absolute atomic E-state index is 6.01. The van der Waals surface area contributed by atoms with Crippen LogP contribution in [0.3, 0.4) is 0 Å². The van der Waals surface area contributed by atoms with E-state index in [0.717, 1.165) is 11.5 Å². The highest BCUT2D eigenvalue weighted by Crippen LogP contribution is 2.34. The molecule has 6 heteroatoms. The second-order valence-corrected chi connectivity index (χ2v) is 4.79. The lowest BCUT2D eigenvalue weighted by molar-refractivity contribution is 0.401. The molecule has 0 aliphatic heterocycles. The molecule has 0 N–H and O–H groups in total. The molecule has 0 unspecified atom stereocenters. The van der Waals surface area contributed by atoms with Crippen LogP contribution in [-0.2, 0) is 5.88 Å². The second kappa shape index (κ2) is 4.72. The summed E-state index contributed by atoms with van der Waals surface area (Å²) < 4.78 is 7.40. The lowest BCUT2D eigenvalue weighted by Crippen LogP contribution is -2.08. The number of aromatic nitrogens is 4. The number of fused-ring (bicyclic) bond motifs is 1. The molecule has 96 valence electrons. The van der Waals surface area contributed by atoms with Gasteiger partial charge >= 0.3 is 0 Å². The van der Waals surface area contributed by atoms with Gasteiger partial charge in [-0.2, -0.15) is 4.98 Å². The number of imidazole rings is 1. The van der Waals surface area contributed by atoms with Gasteiger partial charge in [0.2, 0.25) is 5.88 Å². The molecule has 0 aromatic carbocycles. The standard InChI is InChI=1S/C12H15ClN4O/c1-18-12-10-11(14-7-15-12)17(9(6-13)16-10)8-4-2-3-5-8/h7-8H,2-6H2,1H3. The van der Waals surface area contributed by atoms with Crippen LogP contribution in [0.2, 0.25) is 0 Å². The number of rotatable bonds is 3. The molecule has 3 rings (SSSR count). The third-order valence-corrected chi connectivity index (χ3v) is 3.76. The highest BCUT2D eigenvalue weighted by Gasteiger charge is 2.24. The number of ether oxygens (including phenoxy) is 1. The van der Waals surface area contributed by atoms with Gasteiger partial charge in [-0.3, -0.25) is 0 Å². The first kappa shape index (κ1) is 11.7. The minimum Gasteiger partial charge on any atom is -0.479 e. The first-order valence-corrected chi connectivity index (χ1v) is 6.70. The Morgan fingerprint density at radius 1 is 1.39 bits per heavy atom. The SMILES string of the molecule is COc1ncnc2c1nc(CCl)n2C1CCCC1. The Labute approximate surface area is 110 Å². The Kier molecular flexibility index (Phi) is 3.07. The van der Waals surface area contributed by atoms with Gasteiger partial charge in [-0.05, 0) is 12.8 Å². The van der Waals surface area contributed by atoms with Gasteiger partial charge in [-0.1, -0.05) is 12.8 Å². The van der Waals surface area contributed by atoms with Crippen LogP contribution in [0.4, 0.5) is 0 Å². The molecule has 0 bridgehead atoms. The summed E-state index contributed by atoms with van der Waals surface area (Å²) in [7, 11) is 1.59. The van der Waals surface area contributed by atoms with Crippen LogP contribution in [0.25, 0.3) is 11.2 Å².